The highest BCUT2D eigenvalue weighted by Gasteiger charge is 2.22. The van der Waals surface area contributed by atoms with Crippen molar-refractivity contribution < 1.29 is 4.79 Å². The highest BCUT2D eigenvalue weighted by molar-refractivity contribution is 5.85. The lowest BCUT2D eigenvalue weighted by atomic mass is 9.98. The zero-order chi connectivity index (χ0) is 15.9. The first kappa shape index (κ1) is 19.9. The first-order valence-corrected chi connectivity index (χ1v) is 8.25. The van der Waals surface area contributed by atoms with E-state index in [2.05, 4.69) is 29.3 Å². The Morgan fingerprint density at radius 2 is 2.13 bits per heavy atom. The Labute approximate surface area is 146 Å². The molecule has 1 heterocycles. The zero-order valence-corrected chi connectivity index (χ0v) is 15.4. The van der Waals surface area contributed by atoms with Crippen molar-refractivity contribution in [2.45, 2.75) is 26.3 Å². The maximum atomic E-state index is 12.5. The molecule has 1 aromatic rings. The number of hydrogen-bond acceptors (Lipinski definition) is 3. The summed E-state index contributed by atoms with van der Waals surface area (Å²) in [4.78, 5) is 16.6. The Morgan fingerprint density at radius 1 is 1.39 bits per heavy atom. The fraction of sp³-hybridized carbons (Fsp3) is 0.611. The van der Waals surface area contributed by atoms with Crippen LogP contribution in [0, 0.1) is 12.8 Å². The molecule has 1 fully saturated rings. The van der Waals surface area contributed by atoms with Gasteiger partial charge in [-0.15, -0.1) is 12.4 Å². The number of rotatable bonds is 6. The Kier molecular flexibility index (Phi) is 8.59. The van der Waals surface area contributed by atoms with Crippen molar-refractivity contribution in [3.05, 3.63) is 35.4 Å². The van der Waals surface area contributed by atoms with Gasteiger partial charge in [0.2, 0.25) is 5.91 Å². The second kappa shape index (κ2) is 9.91. The molecule has 1 atom stereocenters. The Hall–Kier alpha value is -1.10. The normalized spacial score (nSPS) is 18.3. The van der Waals surface area contributed by atoms with E-state index in [1.54, 1.807) is 0 Å². The van der Waals surface area contributed by atoms with Crippen LogP contribution in [-0.2, 0) is 11.3 Å². The molecule has 5 heteroatoms. The highest BCUT2D eigenvalue weighted by atomic mass is 35.5. The summed E-state index contributed by atoms with van der Waals surface area (Å²) in [5.41, 5.74) is 2.47. The lowest BCUT2D eigenvalue weighted by Crippen LogP contribution is -2.44. The van der Waals surface area contributed by atoms with Gasteiger partial charge < -0.3 is 10.2 Å². The van der Waals surface area contributed by atoms with Gasteiger partial charge in [0.1, 0.15) is 0 Å². The number of nitrogens with zero attached hydrogens (tertiary/aromatic N) is 2. The molecule has 2 rings (SSSR count). The lowest BCUT2D eigenvalue weighted by molar-refractivity contribution is -0.132. The number of likely N-dealkylation sites (N-methyl/N-ethyl adjacent to an activating group) is 1. The third-order valence-electron chi connectivity index (χ3n) is 4.55. The van der Waals surface area contributed by atoms with Crippen LogP contribution >= 0.6 is 12.4 Å². The number of aryl methyl sites for hydroxylation is 1. The molecule has 130 valence electrons. The van der Waals surface area contributed by atoms with E-state index < -0.39 is 0 Å². The van der Waals surface area contributed by atoms with Crippen molar-refractivity contribution >= 4 is 18.3 Å². The first-order valence-electron chi connectivity index (χ1n) is 8.25. The standard InChI is InChI=1S/C18H29N3O.ClH/c1-15-7-4-5-9-17(15)13-20(3)18(22)14-21-10-6-8-16(12-21)11-19-2;/h4-5,7,9,16,19H,6,8,10-14H2,1-3H3;1H. The maximum Gasteiger partial charge on any atom is 0.236 e. The quantitative estimate of drug-likeness (QED) is 0.864. The van der Waals surface area contributed by atoms with Gasteiger partial charge in [0, 0.05) is 20.1 Å². The molecule has 0 spiro atoms. The molecule has 0 radical (unpaired) electrons. The van der Waals surface area contributed by atoms with Crippen LogP contribution in [0.3, 0.4) is 0 Å². The van der Waals surface area contributed by atoms with Crippen LogP contribution < -0.4 is 5.32 Å². The highest BCUT2D eigenvalue weighted by Crippen LogP contribution is 2.16. The fourth-order valence-electron chi connectivity index (χ4n) is 3.19. The molecule has 1 saturated heterocycles. The van der Waals surface area contributed by atoms with E-state index in [9.17, 15) is 4.79 Å². The van der Waals surface area contributed by atoms with Gasteiger partial charge in [-0.05, 0) is 56.9 Å². The van der Waals surface area contributed by atoms with Crippen molar-refractivity contribution in [3.63, 3.8) is 0 Å². The van der Waals surface area contributed by atoms with E-state index in [-0.39, 0.29) is 18.3 Å². The predicted octanol–water partition coefficient (Wildman–Crippen LogP) is 2.31. The van der Waals surface area contributed by atoms with Gasteiger partial charge in [0.15, 0.2) is 0 Å². The molecule has 1 aromatic carbocycles. The van der Waals surface area contributed by atoms with Crippen molar-refractivity contribution in [1.82, 2.24) is 15.1 Å². The molecule has 4 nitrogen and oxygen atoms in total. The Morgan fingerprint density at radius 3 is 2.83 bits per heavy atom. The SMILES string of the molecule is CNCC1CCCN(CC(=O)N(C)Cc2ccccc2C)C1.Cl. The molecular weight excluding hydrogens is 310 g/mol. The predicted molar refractivity (Wildman–Crippen MR) is 98.0 cm³/mol. The van der Waals surface area contributed by atoms with E-state index in [0.29, 0.717) is 19.0 Å². The summed E-state index contributed by atoms with van der Waals surface area (Å²) < 4.78 is 0. The van der Waals surface area contributed by atoms with Crippen LogP contribution in [0.15, 0.2) is 24.3 Å². The largest absolute Gasteiger partial charge is 0.340 e. The molecule has 1 aliphatic heterocycles. The summed E-state index contributed by atoms with van der Waals surface area (Å²) in [5, 5.41) is 3.25. The topological polar surface area (TPSA) is 35.6 Å². The Bertz CT molecular complexity index is 493. The number of carbonyl (C=O) groups is 1. The third-order valence-corrected chi connectivity index (χ3v) is 4.55. The zero-order valence-electron chi connectivity index (χ0n) is 14.5. The third kappa shape index (κ3) is 6.13. The van der Waals surface area contributed by atoms with Gasteiger partial charge in [-0.1, -0.05) is 24.3 Å². The van der Waals surface area contributed by atoms with Crippen LogP contribution in [0.1, 0.15) is 24.0 Å². The molecule has 23 heavy (non-hydrogen) atoms. The first-order chi connectivity index (χ1) is 10.6. The summed E-state index contributed by atoms with van der Waals surface area (Å²) >= 11 is 0. The van der Waals surface area contributed by atoms with Crippen molar-refractivity contribution in [3.8, 4) is 0 Å². The number of carbonyl (C=O) groups excluding carboxylic acids is 1. The number of piperidine rings is 1. The monoisotopic (exact) mass is 339 g/mol. The van der Waals surface area contributed by atoms with Crippen LogP contribution in [-0.4, -0.2) is 56.0 Å². The number of nitrogens with one attached hydrogen (secondary N) is 1. The second-order valence-electron chi connectivity index (χ2n) is 6.48. The number of halogens is 1. The molecule has 1 amide bonds. The van der Waals surface area contributed by atoms with Crippen molar-refractivity contribution in [1.29, 1.82) is 0 Å². The van der Waals surface area contributed by atoms with Gasteiger partial charge in [-0.25, -0.2) is 0 Å². The smallest absolute Gasteiger partial charge is 0.236 e. The number of benzene rings is 1. The summed E-state index contributed by atoms with van der Waals surface area (Å²) in [5.74, 6) is 0.890. The molecule has 1 aliphatic rings. The van der Waals surface area contributed by atoms with Crippen molar-refractivity contribution in [2.24, 2.45) is 5.92 Å². The summed E-state index contributed by atoms with van der Waals surface area (Å²) in [6, 6.07) is 8.27. The Balaban J connectivity index is 0.00000264. The van der Waals surface area contributed by atoms with E-state index in [4.69, 9.17) is 0 Å². The van der Waals surface area contributed by atoms with Gasteiger partial charge in [-0.3, -0.25) is 9.69 Å². The van der Waals surface area contributed by atoms with Gasteiger partial charge in [-0.2, -0.15) is 0 Å². The van der Waals surface area contributed by atoms with Crippen LogP contribution in [0.25, 0.3) is 0 Å². The average molecular weight is 340 g/mol. The van der Waals surface area contributed by atoms with Crippen LogP contribution in [0.4, 0.5) is 0 Å². The fourth-order valence-corrected chi connectivity index (χ4v) is 3.19. The van der Waals surface area contributed by atoms with Gasteiger partial charge in [0.05, 0.1) is 6.54 Å². The minimum atomic E-state index is 0. The minimum absolute atomic E-state index is 0. The molecule has 0 bridgehead atoms. The number of amides is 1. The molecule has 0 aliphatic carbocycles. The minimum Gasteiger partial charge on any atom is -0.340 e. The van der Waals surface area contributed by atoms with Crippen LogP contribution in [0.5, 0.6) is 0 Å². The number of hydrogen-bond donors (Lipinski definition) is 1. The summed E-state index contributed by atoms with van der Waals surface area (Å²) in [7, 11) is 3.91. The van der Waals surface area contributed by atoms with E-state index in [1.807, 2.05) is 31.1 Å². The molecule has 1 unspecified atom stereocenters. The molecule has 0 saturated carbocycles. The van der Waals surface area contributed by atoms with E-state index in [0.717, 1.165) is 19.6 Å². The van der Waals surface area contributed by atoms with E-state index >= 15 is 0 Å². The summed E-state index contributed by atoms with van der Waals surface area (Å²) in [6.45, 7) is 6.46. The van der Waals surface area contributed by atoms with Crippen LogP contribution in [0.2, 0.25) is 0 Å². The molecule has 0 aromatic heterocycles. The number of likely N-dealkylation sites (tertiary alicyclic amines) is 1. The van der Waals surface area contributed by atoms with Gasteiger partial charge in [0.25, 0.3) is 0 Å². The molecular formula is C18H30ClN3O. The average Bonchev–Trinajstić information content (AvgIpc) is 2.50. The maximum absolute atomic E-state index is 12.5. The van der Waals surface area contributed by atoms with E-state index in [1.165, 1.54) is 24.0 Å². The van der Waals surface area contributed by atoms with Crippen molar-refractivity contribution in [2.75, 3.05) is 40.3 Å². The van der Waals surface area contributed by atoms with Gasteiger partial charge >= 0.3 is 0 Å². The summed E-state index contributed by atoms with van der Waals surface area (Å²) in [6.07, 6.45) is 2.46. The molecule has 1 N–H and O–H groups in total. The lowest BCUT2D eigenvalue weighted by Gasteiger charge is -2.33. The second-order valence-corrected chi connectivity index (χ2v) is 6.48.